The van der Waals surface area contributed by atoms with Crippen LogP contribution in [0.2, 0.25) is 0 Å². The first-order chi connectivity index (χ1) is 13.3. The molecular weight excluding hydrogens is 386 g/mol. The number of carbonyl (C=O) groups excluding carboxylic acids is 3. The molecule has 0 aromatic heterocycles. The molecule has 2 unspecified atom stereocenters. The summed E-state index contributed by atoms with van der Waals surface area (Å²) in [5, 5.41) is 22.6. The molecule has 2 atom stereocenters. The molecule has 0 aliphatic carbocycles. The normalized spacial score (nSPS) is 19.9. The first-order valence-corrected chi connectivity index (χ1v) is 9.29. The van der Waals surface area contributed by atoms with Gasteiger partial charge in [-0.05, 0) is 47.0 Å². The summed E-state index contributed by atoms with van der Waals surface area (Å²) in [5.74, 6) is -3.73. The van der Waals surface area contributed by atoms with Gasteiger partial charge in [0.15, 0.2) is 0 Å². The lowest BCUT2D eigenvalue weighted by molar-refractivity contribution is -0.147. The number of hydrogen-bond donors (Lipinski definition) is 4. The number of carboxylic acids is 2. The van der Waals surface area contributed by atoms with Gasteiger partial charge < -0.3 is 30.5 Å². The number of hydrogen-bond acceptors (Lipinski definition) is 6. The molecule has 0 bridgehead atoms. The van der Waals surface area contributed by atoms with Gasteiger partial charge in [-0.1, -0.05) is 0 Å². The van der Waals surface area contributed by atoms with Gasteiger partial charge in [-0.3, -0.25) is 14.4 Å². The van der Waals surface area contributed by atoms with Crippen LogP contribution in [0.1, 0.15) is 53.4 Å². The number of nitrogens with zero attached hydrogens (tertiary/aromatic N) is 1. The van der Waals surface area contributed by atoms with Gasteiger partial charge in [0.25, 0.3) is 0 Å². The van der Waals surface area contributed by atoms with Crippen LogP contribution in [-0.2, 0) is 23.9 Å². The number of ether oxygens (including phenoxy) is 1. The maximum atomic E-state index is 12.7. The van der Waals surface area contributed by atoms with E-state index in [1.807, 2.05) is 0 Å². The number of carbonyl (C=O) groups is 5. The van der Waals surface area contributed by atoms with Gasteiger partial charge in [-0.25, -0.2) is 9.59 Å². The molecule has 29 heavy (non-hydrogen) atoms. The van der Waals surface area contributed by atoms with Crippen LogP contribution >= 0.6 is 0 Å². The third kappa shape index (κ3) is 7.24. The molecule has 0 radical (unpaired) electrons. The highest BCUT2D eigenvalue weighted by molar-refractivity contribution is 5.95. The smallest absolute Gasteiger partial charge is 0.408 e. The Morgan fingerprint density at radius 2 is 1.79 bits per heavy atom. The highest BCUT2D eigenvalue weighted by atomic mass is 16.6. The molecule has 11 nitrogen and oxygen atoms in total. The van der Waals surface area contributed by atoms with Crippen molar-refractivity contribution in [2.24, 2.45) is 0 Å². The van der Waals surface area contributed by atoms with Gasteiger partial charge in [-0.15, -0.1) is 0 Å². The monoisotopic (exact) mass is 415 g/mol. The van der Waals surface area contributed by atoms with E-state index in [-0.39, 0.29) is 19.5 Å². The van der Waals surface area contributed by atoms with E-state index in [0.29, 0.717) is 12.8 Å². The lowest BCUT2D eigenvalue weighted by Gasteiger charge is -2.35. The summed E-state index contributed by atoms with van der Waals surface area (Å²) in [4.78, 5) is 60.3. The Labute approximate surface area is 168 Å². The summed E-state index contributed by atoms with van der Waals surface area (Å²) in [5.41, 5.74) is -2.03. The fraction of sp³-hybridized carbons (Fsp3) is 0.722. The van der Waals surface area contributed by atoms with Crippen LogP contribution in [0.3, 0.4) is 0 Å². The molecule has 4 N–H and O–H groups in total. The van der Waals surface area contributed by atoms with Crippen LogP contribution in [-0.4, -0.2) is 75.2 Å². The minimum atomic E-state index is -1.38. The largest absolute Gasteiger partial charge is 0.481 e. The van der Waals surface area contributed by atoms with E-state index in [4.69, 9.17) is 9.84 Å². The second kappa shape index (κ2) is 9.57. The van der Waals surface area contributed by atoms with Crippen LogP contribution < -0.4 is 10.6 Å². The van der Waals surface area contributed by atoms with E-state index in [9.17, 15) is 29.1 Å². The topological polar surface area (TPSA) is 162 Å². The first kappa shape index (κ1) is 24.2. The highest BCUT2D eigenvalue weighted by Gasteiger charge is 2.46. The van der Waals surface area contributed by atoms with E-state index in [2.05, 4.69) is 10.6 Å². The lowest BCUT2D eigenvalue weighted by Crippen LogP contribution is -2.59. The average Bonchev–Trinajstić information content (AvgIpc) is 2.97. The number of nitrogens with one attached hydrogen (secondary N) is 2. The van der Waals surface area contributed by atoms with Crippen molar-refractivity contribution in [3.05, 3.63) is 0 Å². The molecule has 1 saturated heterocycles. The predicted octanol–water partition coefficient (Wildman–Crippen LogP) is 0.326. The van der Waals surface area contributed by atoms with Crippen LogP contribution in [0.15, 0.2) is 0 Å². The Morgan fingerprint density at radius 3 is 2.31 bits per heavy atom. The fourth-order valence-corrected chi connectivity index (χ4v) is 3.00. The first-order valence-electron chi connectivity index (χ1n) is 9.29. The van der Waals surface area contributed by atoms with Crippen LogP contribution in [0.5, 0.6) is 0 Å². The van der Waals surface area contributed by atoms with Gasteiger partial charge in [-0.2, -0.15) is 0 Å². The highest BCUT2D eigenvalue weighted by Crippen LogP contribution is 2.29. The van der Waals surface area contributed by atoms with E-state index in [1.54, 1.807) is 20.8 Å². The Balaban J connectivity index is 2.76. The van der Waals surface area contributed by atoms with E-state index < -0.39 is 53.4 Å². The maximum Gasteiger partial charge on any atom is 0.408 e. The summed E-state index contributed by atoms with van der Waals surface area (Å²) < 4.78 is 5.06. The van der Waals surface area contributed by atoms with Crippen molar-refractivity contribution in [3.63, 3.8) is 0 Å². The Bertz CT molecular complexity index is 673. The van der Waals surface area contributed by atoms with Crippen LogP contribution in [0.4, 0.5) is 4.79 Å². The van der Waals surface area contributed by atoms with Crippen LogP contribution in [0.25, 0.3) is 0 Å². The van der Waals surface area contributed by atoms with Crippen molar-refractivity contribution < 1.29 is 38.9 Å². The van der Waals surface area contributed by atoms with Gasteiger partial charge in [0.1, 0.15) is 23.7 Å². The Hall–Kier alpha value is -2.85. The van der Waals surface area contributed by atoms with Gasteiger partial charge in [0.05, 0.1) is 0 Å². The number of carboxylic acid groups (broad SMARTS) is 2. The maximum absolute atomic E-state index is 12.7. The van der Waals surface area contributed by atoms with E-state index >= 15 is 0 Å². The zero-order valence-corrected chi connectivity index (χ0v) is 17.1. The molecular formula is C18H29N3O8. The van der Waals surface area contributed by atoms with Crippen molar-refractivity contribution >= 4 is 29.8 Å². The summed E-state index contributed by atoms with van der Waals surface area (Å²) in [7, 11) is 0. The zero-order chi connectivity index (χ0) is 22.4. The van der Waals surface area contributed by atoms with Gasteiger partial charge >= 0.3 is 18.0 Å². The van der Waals surface area contributed by atoms with Crippen molar-refractivity contribution in [2.75, 3.05) is 13.1 Å². The zero-order valence-electron chi connectivity index (χ0n) is 17.1. The standard InChI is InChI=1S/C18H29N3O8/c1-17(2,3)29-16(28)19-10-12(22)21-9-5-8-18(21,4)15(27)20-11(14(25)26)6-7-13(23)24/h11H,5-10H2,1-4H3,(H,19,28)(H,20,27)(H,23,24)(H,25,26). The molecule has 0 spiro atoms. The molecule has 1 rings (SSSR count). The van der Waals surface area contributed by atoms with Crippen molar-refractivity contribution in [1.29, 1.82) is 0 Å². The molecule has 0 saturated carbocycles. The summed E-state index contributed by atoms with van der Waals surface area (Å²) in [6.07, 6.45) is -0.635. The fourth-order valence-electron chi connectivity index (χ4n) is 3.00. The third-order valence-electron chi connectivity index (χ3n) is 4.46. The lowest BCUT2D eigenvalue weighted by atomic mass is 9.96. The molecule has 0 aromatic rings. The minimum absolute atomic E-state index is 0.269. The molecule has 164 valence electrons. The summed E-state index contributed by atoms with van der Waals surface area (Å²) in [6, 6.07) is -1.38. The van der Waals surface area contributed by atoms with Crippen molar-refractivity contribution in [3.8, 4) is 0 Å². The van der Waals surface area contributed by atoms with E-state index in [1.165, 1.54) is 11.8 Å². The van der Waals surface area contributed by atoms with Gasteiger partial charge in [0, 0.05) is 13.0 Å². The second-order valence-corrected chi connectivity index (χ2v) is 8.07. The third-order valence-corrected chi connectivity index (χ3v) is 4.46. The SMILES string of the molecule is CC(C)(C)OC(=O)NCC(=O)N1CCCC1(C)C(=O)NC(CCC(=O)O)C(=O)O. The summed E-state index contributed by atoms with van der Waals surface area (Å²) in [6.45, 7) is 6.44. The molecule has 11 heteroatoms. The predicted molar refractivity (Wildman–Crippen MR) is 100 cm³/mol. The quantitative estimate of drug-likeness (QED) is 0.441. The molecule has 0 aromatic carbocycles. The number of amides is 3. The number of alkyl carbamates (subject to hydrolysis) is 1. The van der Waals surface area contributed by atoms with E-state index in [0.717, 1.165) is 0 Å². The number of likely N-dealkylation sites (tertiary alicyclic amines) is 1. The molecule has 1 aliphatic rings. The Kier molecular flexibility index (Phi) is 7.98. The molecule has 3 amide bonds. The average molecular weight is 415 g/mol. The molecule has 1 heterocycles. The second-order valence-electron chi connectivity index (χ2n) is 8.07. The van der Waals surface area contributed by atoms with Crippen LogP contribution in [0, 0.1) is 0 Å². The minimum Gasteiger partial charge on any atom is -0.481 e. The summed E-state index contributed by atoms with van der Waals surface area (Å²) >= 11 is 0. The number of aliphatic carboxylic acids is 2. The van der Waals surface area contributed by atoms with Crippen molar-refractivity contribution in [2.45, 2.75) is 70.6 Å². The Morgan fingerprint density at radius 1 is 1.17 bits per heavy atom. The molecule has 1 aliphatic heterocycles. The number of rotatable bonds is 8. The molecule has 1 fully saturated rings. The van der Waals surface area contributed by atoms with Crippen molar-refractivity contribution in [1.82, 2.24) is 15.5 Å². The van der Waals surface area contributed by atoms with Gasteiger partial charge in [0.2, 0.25) is 11.8 Å².